The number of hydrogen-bond donors (Lipinski definition) is 1. The zero-order valence-electron chi connectivity index (χ0n) is 12.7. The van der Waals surface area contributed by atoms with Gasteiger partial charge in [-0.25, -0.2) is 0 Å². The number of piperazine rings is 1. The molecule has 20 heavy (non-hydrogen) atoms. The van der Waals surface area contributed by atoms with Gasteiger partial charge in [0.05, 0.1) is 7.11 Å². The van der Waals surface area contributed by atoms with Crippen molar-refractivity contribution in [3.05, 3.63) is 29.8 Å². The van der Waals surface area contributed by atoms with Crippen LogP contribution in [0.4, 0.5) is 0 Å². The molecular weight excluding hydrogens is 250 g/mol. The topological polar surface area (TPSA) is 41.7 Å². The van der Waals surface area contributed by atoms with E-state index in [1.165, 1.54) is 26.1 Å². The van der Waals surface area contributed by atoms with Crippen molar-refractivity contribution in [2.45, 2.75) is 19.4 Å². The maximum atomic E-state index is 6.33. The second-order valence-corrected chi connectivity index (χ2v) is 5.53. The quantitative estimate of drug-likeness (QED) is 0.860. The summed E-state index contributed by atoms with van der Waals surface area (Å²) in [6.45, 7) is 8.96. The molecule has 1 aliphatic heterocycles. The lowest BCUT2D eigenvalue weighted by molar-refractivity contribution is 0.127. The second-order valence-electron chi connectivity index (χ2n) is 5.53. The molecule has 0 spiro atoms. The van der Waals surface area contributed by atoms with Gasteiger partial charge in [0, 0.05) is 38.8 Å². The van der Waals surface area contributed by atoms with Gasteiger partial charge >= 0.3 is 0 Å². The number of rotatable bonds is 6. The fourth-order valence-corrected chi connectivity index (χ4v) is 2.77. The van der Waals surface area contributed by atoms with Crippen molar-refractivity contribution < 1.29 is 4.74 Å². The lowest BCUT2D eigenvalue weighted by atomic mass is 10.1. The van der Waals surface area contributed by atoms with Crippen LogP contribution in [0.5, 0.6) is 5.75 Å². The molecule has 0 bridgehead atoms. The second kappa shape index (κ2) is 7.62. The number of nitrogens with two attached hydrogens (primary N) is 1. The third-order valence-electron chi connectivity index (χ3n) is 3.98. The first-order chi connectivity index (χ1) is 9.72. The molecule has 1 aliphatic rings. The summed E-state index contributed by atoms with van der Waals surface area (Å²) in [5.74, 6) is 0.880. The van der Waals surface area contributed by atoms with Gasteiger partial charge in [0.1, 0.15) is 5.75 Å². The molecule has 2 N–H and O–H groups in total. The summed E-state index contributed by atoms with van der Waals surface area (Å²) in [4.78, 5) is 5.00. The molecule has 1 heterocycles. The largest absolute Gasteiger partial charge is 0.497 e. The Morgan fingerprint density at radius 3 is 2.55 bits per heavy atom. The molecule has 0 radical (unpaired) electrons. The van der Waals surface area contributed by atoms with E-state index in [4.69, 9.17) is 10.5 Å². The molecule has 0 saturated carbocycles. The minimum atomic E-state index is 0.0582. The Balaban J connectivity index is 1.84. The molecule has 1 unspecified atom stereocenters. The molecule has 2 rings (SSSR count). The minimum absolute atomic E-state index is 0.0582. The minimum Gasteiger partial charge on any atom is -0.497 e. The fraction of sp³-hybridized carbons (Fsp3) is 0.625. The summed E-state index contributed by atoms with van der Waals surface area (Å²) >= 11 is 0. The van der Waals surface area contributed by atoms with Crippen LogP contribution in [-0.4, -0.2) is 56.2 Å². The number of methoxy groups -OCH3 is 1. The van der Waals surface area contributed by atoms with Crippen molar-refractivity contribution in [3.63, 3.8) is 0 Å². The Bertz CT molecular complexity index is 402. The molecule has 1 aromatic rings. The third-order valence-corrected chi connectivity index (χ3v) is 3.98. The van der Waals surface area contributed by atoms with Crippen molar-refractivity contribution in [3.8, 4) is 5.75 Å². The van der Waals surface area contributed by atoms with E-state index in [1.54, 1.807) is 7.11 Å². The van der Waals surface area contributed by atoms with Crippen LogP contribution in [0.3, 0.4) is 0 Å². The van der Waals surface area contributed by atoms with Gasteiger partial charge in [0.15, 0.2) is 0 Å². The molecular formula is C16H27N3O. The van der Waals surface area contributed by atoms with Crippen molar-refractivity contribution in [1.82, 2.24) is 9.80 Å². The van der Waals surface area contributed by atoms with E-state index < -0.39 is 0 Å². The summed E-state index contributed by atoms with van der Waals surface area (Å²) in [5, 5.41) is 0. The average molecular weight is 277 g/mol. The van der Waals surface area contributed by atoms with Crippen molar-refractivity contribution in [2.24, 2.45) is 5.73 Å². The number of nitrogens with zero attached hydrogens (tertiary/aromatic N) is 2. The number of ether oxygens (including phenoxy) is 1. The van der Waals surface area contributed by atoms with E-state index in [0.29, 0.717) is 0 Å². The Morgan fingerprint density at radius 2 is 1.90 bits per heavy atom. The van der Waals surface area contributed by atoms with Crippen molar-refractivity contribution >= 4 is 0 Å². The zero-order chi connectivity index (χ0) is 14.4. The zero-order valence-corrected chi connectivity index (χ0v) is 12.7. The summed E-state index contributed by atoms with van der Waals surface area (Å²) in [7, 11) is 1.69. The average Bonchev–Trinajstić information content (AvgIpc) is 2.49. The van der Waals surface area contributed by atoms with Crippen LogP contribution < -0.4 is 10.5 Å². The van der Waals surface area contributed by atoms with E-state index in [2.05, 4.69) is 22.8 Å². The van der Waals surface area contributed by atoms with Gasteiger partial charge in [-0.1, -0.05) is 19.1 Å². The first kappa shape index (κ1) is 15.3. The third kappa shape index (κ3) is 4.20. The highest BCUT2D eigenvalue weighted by Crippen LogP contribution is 2.18. The standard InChI is InChI=1S/C16H27N3O/c1-3-7-18-8-10-19(11-9-18)13-16(17)14-5-4-6-15(12-14)20-2/h4-6,12,16H,3,7-11,13,17H2,1-2H3. The first-order valence-electron chi connectivity index (χ1n) is 7.57. The van der Waals surface area contributed by atoms with Crippen LogP contribution in [0.15, 0.2) is 24.3 Å². The fourth-order valence-electron chi connectivity index (χ4n) is 2.77. The molecule has 112 valence electrons. The molecule has 1 aromatic carbocycles. The molecule has 1 fully saturated rings. The van der Waals surface area contributed by atoms with E-state index in [1.807, 2.05) is 18.2 Å². The smallest absolute Gasteiger partial charge is 0.119 e. The summed E-state index contributed by atoms with van der Waals surface area (Å²) in [6.07, 6.45) is 1.24. The molecule has 0 amide bonds. The molecule has 1 atom stereocenters. The van der Waals surface area contributed by atoms with Crippen LogP contribution in [-0.2, 0) is 0 Å². The van der Waals surface area contributed by atoms with Crippen LogP contribution in [0.2, 0.25) is 0 Å². The molecule has 4 nitrogen and oxygen atoms in total. The monoisotopic (exact) mass is 277 g/mol. The van der Waals surface area contributed by atoms with Crippen LogP contribution in [0, 0.1) is 0 Å². The SMILES string of the molecule is CCCN1CCN(CC(N)c2cccc(OC)c2)CC1. The molecule has 4 heteroatoms. The van der Waals surface area contributed by atoms with E-state index in [0.717, 1.165) is 30.9 Å². The lowest BCUT2D eigenvalue weighted by Crippen LogP contribution is -2.48. The van der Waals surface area contributed by atoms with Crippen LogP contribution >= 0.6 is 0 Å². The summed E-state index contributed by atoms with van der Waals surface area (Å²) in [5.41, 5.74) is 7.49. The molecule has 0 aliphatic carbocycles. The summed E-state index contributed by atoms with van der Waals surface area (Å²) < 4.78 is 5.26. The number of hydrogen-bond acceptors (Lipinski definition) is 4. The Labute approximate surface area is 122 Å². The van der Waals surface area contributed by atoms with E-state index >= 15 is 0 Å². The van der Waals surface area contributed by atoms with Gasteiger partial charge in [-0.3, -0.25) is 4.90 Å². The van der Waals surface area contributed by atoms with Gasteiger partial charge in [0.25, 0.3) is 0 Å². The normalized spacial score (nSPS) is 18.9. The highest BCUT2D eigenvalue weighted by molar-refractivity contribution is 5.30. The van der Waals surface area contributed by atoms with Crippen LogP contribution in [0.25, 0.3) is 0 Å². The van der Waals surface area contributed by atoms with Crippen molar-refractivity contribution in [2.75, 3.05) is 46.4 Å². The lowest BCUT2D eigenvalue weighted by Gasteiger charge is -2.35. The van der Waals surface area contributed by atoms with Gasteiger partial charge in [-0.05, 0) is 30.7 Å². The predicted molar refractivity (Wildman–Crippen MR) is 83.1 cm³/mol. The number of benzene rings is 1. The highest BCUT2D eigenvalue weighted by atomic mass is 16.5. The van der Waals surface area contributed by atoms with Crippen LogP contribution in [0.1, 0.15) is 24.9 Å². The van der Waals surface area contributed by atoms with Gasteiger partial charge in [0.2, 0.25) is 0 Å². The molecule has 0 aromatic heterocycles. The highest BCUT2D eigenvalue weighted by Gasteiger charge is 2.18. The molecule has 1 saturated heterocycles. The predicted octanol–water partition coefficient (Wildman–Crippen LogP) is 1.72. The van der Waals surface area contributed by atoms with E-state index in [9.17, 15) is 0 Å². The first-order valence-corrected chi connectivity index (χ1v) is 7.57. The Kier molecular flexibility index (Phi) is 5.83. The van der Waals surface area contributed by atoms with Crippen molar-refractivity contribution in [1.29, 1.82) is 0 Å². The van der Waals surface area contributed by atoms with E-state index in [-0.39, 0.29) is 6.04 Å². The Morgan fingerprint density at radius 1 is 1.20 bits per heavy atom. The maximum Gasteiger partial charge on any atom is 0.119 e. The maximum absolute atomic E-state index is 6.33. The summed E-state index contributed by atoms with van der Waals surface area (Å²) in [6, 6.07) is 8.15. The Hall–Kier alpha value is -1.10. The van der Waals surface area contributed by atoms with Gasteiger partial charge in [-0.2, -0.15) is 0 Å². The van der Waals surface area contributed by atoms with Gasteiger partial charge < -0.3 is 15.4 Å². The van der Waals surface area contributed by atoms with Gasteiger partial charge in [-0.15, -0.1) is 0 Å².